The van der Waals surface area contributed by atoms with Gasteiger partial charge in [0, 0.05) is 56.7 Å². The summed E-state index contributed by atoms with van der Waals surface area (Å²) in [5, 5.41) is 0. The molecule has 0 aliphatic carbocycles. The molecule has 2 aromatic heterocycles. The smallest absolute Gasteiger partial charge is 0.237 e. The van der Waals surface area contributed by atoms with Crippen LogP contribution in [-0.4, -0.2) is 70.4 Å². The van der Waals surface area contributed by atoms with Crippen molar-refractivity contribution in [2.24, 2.45) is 0 Å². The van der Waals surface area contributed by atoms with E-state index in [-0.39, 0.29) is 11.9 Å². The molecule has 1 saturated heterocycles. The van der Waals surface area contributed by atoms with Crippen LogP contribution < -0.4 is 4.90 Å². The molecule has 3 heterocycles. The van der Waals surface area contributed by atoms with Gasteiger partial charge in [0.25, 0.3) is 0 Å². The molecule has 2 aromatic rings. The van der Waals surface area contributed by atoms with Gasteiger partial charge in [-0.15, -0.1) is 11.3 Å². The lowest BCUT2D eigenvalue weighted by molar-refractivity contribution is -0.133. The first kappa shape index (κ1) is 16.8. The summed E-state index contributed by atoms with van der Waals surface area (Å²) in [6.45, 7) is 5.84. The van der Waals surface area contributed by atoms with Crippen molar-refractivity contribution in [2.45, 2.75) is 13.0 Å². The molecule has 3 rings (SSSR count). The number of carbonyl (C=O) groups excluding carboxylic acids is 1. The fourth-order valence-corrected chi connectivity index (χ4v) is 3.42. The number of amides is 1. The zero-order valence-corrected chi connectivity index (χ0v) is 14.8. The molecule has 0 N–H and O–H groups in total. The van der Waals surface area contributed by atoms with E-state index in [0.29, 0.717) is 6.54 Å². The number of thiazole rings is 1. The monoisotopic (exact) mass is 346 g/mol. The van der Waals surface area contributed by atoms with Crippen LogP contribution in [0.5, 0.6) is 0 Å². The number of hydrogen-bond donors (Lipinski definition) is 0. The molecule has 1 aliphatic rings. The highest BCUT2D eigenvalue weighted by molar-refractivity contribution is 7.09. The second-order valence-corrected chi connectivity index (χ2v) is 6.81. The Hall–Kier alpha value is -2.06. The van der Waals surface area contributed by atoms with Crippen molar-refractivity contribution in [2.75, 3.05) is 44.7 Å². The van der Waals surface area contributed by atoms with E-state index in [1.807, 2.05) is 26.2 Å². The third kappa shape index (κ3) is 3.88. The zero-order valence-electron chi connectivity index (χ0n) is 14.0. The third-order valence-electron chi connectivity index (χ3n) is 4.40. The Bertz CT molecular complexity index is 642. The predicted molar refractivity (Wildman–Crippen MR) is 94.0 cm³/mol. The molecule has 24 heavy (non-hydrogen) atoms. The number of hydrogen-bond acceptors (Lipinski definition) is 7. The van der Waals surface area contributed by atoms with E-state index in [4.69, 9.17) is 0 Å². The Morgan fingerprint density at radius 3 is 2.62 bits per heavy atom. The standard InChI is InChI=1S/C16H22N6OS/c1-13(14-10-17-12-24-14)20(2)15(23)11-21-6-8-22(9-7-21)16-18-4-3-5-19-16/h3-5,10,12-13H,6-9,11H2,1-2H3. The van der Waals surface area contributed by atoms with Crippen LogP contribution in [0, 0.1) is 0 Å². The van der Waals surface area contributed by atoms with Crippen molar-refractivity contribution < 1.29 is 4.79 Å². The van der Waals surface area contributed by atoms with Gasteiger partial charge in [-0.3, -0.25) is 14.7 Å². The summed E-state index contributed by atoms with van der Waals surface area (Å²) in [5.41, 5.74) is 1.80. The second-order valence-electron chi connectivity index (χ2n) is 5.90. The van der Waals surface area contributed by atoms with Gasteiger partial charge in [0.05, 0.1) is 18.1 Å². The van der Waals surface area contributed by atoms with Gasteiger partial charge in [-0.25, -0.2) is 9.97 Å². The molecular weight excluding hydrogens is 324 g/mol. The molecule has 8 heteroatoms. The summed E-state index contributed by atoms with van der Waals surface area (Å²) in [6, 6.07) is 1.88. The van der Waals surface area contributed by atoms with E-state index in [1.54, 1.807) is 34.1 Å². The van der Waals surface area contributed by atoms with Gasteiger partial charge in [0.15, 0.2) is 0 Å². The number of carbonyl (C=O) groups is 1. The Kier molecular flexibility index (Phi) is 5.37. The van der Waals surface area contributed by atoms with Crippen LogP contribution in [0.15, 0.2) is 30.2 Å². The average molecular weight is 346 g/mol. The second kappa shape index (κ2) is 7.67. The number of nitrogens with zero attached hydrogens (tertiary/aromatic N) is 6. The van der Waals surface area contributed by atoms with Gasteiger partial charge in [0.2, 0.25) is 11.9 Å². The zero-order chi connectivity index (χ0) is 16.9. The number of anilines is 1. The summed E-state index contributed by atoms with van der Waals surface area (Å²) in [6.07, 6.45) is 5.35. The molecule has 1 amide bonds. The Morgan fingerprint density at radius 2 is 2.00 bits per heavy atom. The molecule has 1 atom stereocenters. The summed E-state index contributed by atoms with van der Waals surface area (Å²) >= 11 is 1.58. The van der Waals surface area contributed by atoms with Crippen LogP contribution in [0.4, 0.5) is 5.95 Å². The normalized spacial score (nSPS) is 16.8. The molecule has 1 unspecified atom stereocenters. The summed E-state index contributed by atoms with van der Waals surface area (Å²) < 4.78 is 0. The number of piperazine rings is 1. The van der Waals surface area contributed by atoms with Crippen LogP contribution in [0.1, 0.15) is 17.8 Å². The molecule has 1 fully saturated rings. The highest BCUT2D eigenvalue weighted by atomic mass is 32.1. The first-order chi connectivity index (χ1) is 11.6. The van der Waals surface area contributed by atoms with Gasteiger partial charge < -0.3 is 9.80 Å². The van der Waals surface area contributed by atoms with Crippen molar-refractivity contribution >= 4 is 23.2 Å². The fraction of sp³-hybridized carbons (Fsp3) is 0.500. The first-order valence-electron chi connectivity index (χ1n) is 8.03. The minimum absolute atomic E-state index is 0.0593. The van der Waals surface area contributed by atoms with Crippen LogP contribution in [0.2, 0.25) is 0 Å². The van der Waals surface area contributed by atoms with Gasteiger partial charge in [-0.2, -0.15) is 0 Å². The molecule has 0 radical (unpaired) electrons. The summed E-state index contributed by atoms with van der Waals surface area (Å²) in [4.78, 5) is 32.5. The lowest BCUT2D eigenvalue weighted by Crippen LogP contribution is -2.50. The van der Waals surface area contributed by atoms with Gasteiger partial charge >= 0.3 is 0 Å². The van der Waals surface area contributed by atoms with Crippen molar-refractivity contribution in [3.05, 3.63) is 35.0 Å². The quantitative estimate of drug-likeness (QED) is 0.812. The SMILES string of the molecule is CC(c1cncs1)N(C)C(=O)CN1CCN(c2ncccn2)CC1. The maximum Gasteiger partial charge on any atom is 0.237 e. The number of aromatic nitrogens is 3. The van der Waals surface area contributed by atoms with Crippen LogP contribution in [0.3, 0.4) is 0 Å². The van der Waals surface area contributed by atoms with Crippen molar-refractivity contribution in [3.63, 3.8) is 0 Å². The van der Waals surface area contributed by atoms with Gasteiger partial charge in [-0.1, -0.05) is 0 Å². The molecule has 0 bridgehead atoms. The van der Waals surface area contributed by atoms with Crippen molar-refractivity contribution in [1.29, 1.82) is 0 Å². The van der Waals surface area contributed by atoms with E-state index in [9.17, 15) is 4.79 Å². The largest absolute Gasteiger partial charge is 0.338 e. The topological polar surface area (TPSA) is 65.5 Å². The van der Waals surface area contributed by atoms with E-state index in [2.05, 4.69) is 24.8 Å². The lowest BCUT2D eigenvalue weighted by Gasteiger charge is -2.35. The highest BCUT2D eigenvalue weighted by Crippen LogP contribution is 2.22. The van der Waals surface area contributed by atoms with E-state index >= 15 is 0 Å². The maximum absolute atomic E-state index is 12.5. The fourth-order valence-electron chi connectivity index (χ4n) is 2.70. The minimum atomic E-state index is 0.0593. The highest BCUT2D eigenvalue weighted by Gasteiger charge is 2.24. The van der Waals surface area contributed by atoms with Crippen molar-refractivity contribution in [3.8, 4) is 0 Å². The van der Waals surface area contributed by atoms with Gasteiger partial charge in [-0.05, 0) is 13.0 Å². The van der Waals surface area contributed by atoms with E-state index in [1.165, 1.54) is 0 Å². The first-order valence-corrected chi connectivity index (χ1v) is 8.91. The predicted octanol–water partition coefficient (Wildman–Crippen LogP) is 1.27. The molecule has 1 aliphatic heterocycles. The lowest BCUT2D eigenvalue weighted by atomic mass is 10.2. The Labute approximate surface area is 146 Å². The molecule has 128 valence electrons. The van der Waals surface area contributed by atoms with E-state index < -0.39 is 0 Å². The minimum Gasteiger partial charge on any atom is -0.338 e. The average Bonchev–Trinajstić information content (AvgIpc) is 3.16. The van der Waals surface area contributed by atoms with E-state index in [0.717, 1.165) is 37.0 Å². The molecule has 7 nitrogen and oxygen atoms in total. The molecule has 0 spiro atoms. The summed E-state index contributed by atoms with van der Waals surface area (Å²) in [5.74, 6) is 0.903. The Morgan fingerprint density at radius 1 is 1.29 bits per heavy atom. The van der Waals surface area contributed by atoms with Gasteiger partial charge in [0.1, 0.15) is 0 Å². The summed E-state index contributed by atoms with van der Waals surface area (Å²) in [7, 11) is 1.86. The Balaban J connectivity index is 1.49. The maximum atomic E-state index is 12.5. The van der Waals surface area contributed by atoms with Crippen LogP contribution in [0.25, 0.3) is 0 Å². The molecular formula is C16H22N6OS. The van der Waals surface area contributed by atoms with Crippen LogP contribution >= 0.6 is 11.3 Å². The number of rotatable bonds is 5. The third-order valence-corrected chi connectivity index (χ3v) is 5.35. The van der Waals surface area contributed by atoms with Crippen LogP contribution in [-0.2, 0) is 4.79 Å². The number of likely N-dealkylation sites (N-methyl/N-ethyl adjacent to an activating group) is 1. The van der Waals surface area contributed by atoms with Crippen molar-refractivity contribution in [1.82, 2.24) is 24.8 Å². The molecule has 0 aromatic carbocycles. The molecule has 0 saturated carbocycles.